The van der Waals surface area contributed by atoms with Crippen molar-refractivity contribution in [2.45, 2.75) is 51.6 Å². The van der Waals surface area contributed by atoms with Gasteiger partial charge in [0, 0.05) is 19.0 Å². The maximum Gasteiger partial charge on any atom is 0.226 e. The SMILES string of the molecule is CC1CCC(C(=O)N(C)C(C)(C)CO)CC1N. The topological polar surface area (TPSA) is 66.6 Å². The van der Waals surface area contributed by atoms with E-state index in [1.54, 1.807) is 11.9 Å². The molecular formula is C13H26N2O2. The molecule has 0 spiro atoms. The van der Waals surface area contributed by atoms with Gasteiger partial charge in [-0.3, -0.25) is 4.79 Å². The van der Waals surface area contributed by atoms with E-state index in [0.717, 1.165) is 19.3 Å². The van der Waals surface area contributed by atoms with Crippen LogP contribution in [0.2, 0.25) is 0 Å². The fourth-order valence-corrected chi connectivity index (χ4v) is 2.26. The van der Waals surface area contributed by atoms with Crippen LogP contribution in [0.5, 0.6) is 0 Å². The van der Waals surface area contributed by atoms with E-state index >= 15 is 0 Å². The number of carbonyl (C=O) groups is 1. The molecule has 1 aliphatic carbocycles. The zero-order valence-electron chi connectivity index (χ0n) is 11.4. The number of aliphatic hydroxyl groups excluding tert-OH is 1. The van der Waals surface area contributed by atoms with E-state index in [1.165, 1.54) is 0 Å². The van der Waals surface area contributed by atoms with Crippen LogP contribution >= 0.6 is 0 Å². The average molecular weight is 242 g/mol. The van der Waals surface area contributed by atoms with Gasteiger partial charge in [-0.2, -0.15) is 0 Å². The van der Waals surface area contributed by atoms with Crippen LogP contribution in [0.25, 0.3) is 0 Å². The van der Waals surface area contributed by atoms with Gasteiger partial charge in [-0.1, -0.05) is 6.92 Å². The summed E-state index contributed by atoms with van der Waals surface area (Å²) >= 11 is 0. The van der Waals surface area contributed by atoms with Gasteiger partial charge in [-0.15, -0.1) is 0 Å². The molecule has 0 radical (unpaired) electrons. The third-order valence-electron chi connectivity index (χ3n) is 4.23. The van der Waals surface area contributed by atoms with Crippen molar-refractivity contribution in [1.29, 1.82) is 0 Å². The third-order valence-corrected chi connectivity index (χ3v) is 4.23. The molecule has 17 heavy (non-hydrogen) atoms. The zero-order chi connectivity index (χ0) is 13.2. The first-order valence-electron chi connectivity index (χ1n) is 6.43. The summed E-state index contributed by atoms with van der Waals surface area (Å²) in [4.78, 5) is 14.0. The molecular weight excluding hydrogens is 216 g/mol. The quantitative estimate of drug-likeness (QED) is 0.775. The number of amides is 1. The highest BCUT2D eigenvalue weighted by atomic mass is 16.3. The van der Waals surface area contributed by atoms with Crippen molar-refractivity contribution < 1.29 is 9.90 Å². The van der Waals surface area contributed by atoms with E-state index < -0.39 is 5.54 Å². The smallest absolute Gasteiger partial charge is 0.226 e. The fraction of sp³-hybridized carbons (Fsp3) is 0.923. The molecule has 1 saturated carbocycles. The number of carbonyl (C=O) groups excluding carboxylic acids is 1. The molecule has 0 aromatic heterocycles. The van der Waals surface area contributed by atoms with Gasteiger partial charge in [-0.05, 0) is 39.0 Å². The highest BCUT2D eigenvalue weighted by Crippen LogP contribution is 2.30. The lowest BCUT2D eigenvalue weighted by Gasteiger charge is -2.39. The van der Waals surface area contributed by atoms with Crippen LogP contribution in [-0.4, -0.2) is 41.1 Å². The average Bonchev–Trinajstić information content (AvgIpc) is 2.30. The van der Waals surface area contributed by atoms with Crippen LogP contribution in [-0.2, 0) is 4.79 Å². The predicted molar refractivity (Wildman–Crippen MR) is 68.4 cm³/mol. The first kappa shape index (κ1) is 14.5. The van der Waals surface area contributed by atoms with Crippen LogP contribution in [0.1, 0.15) is 40.0 Å². The Morgan fingerprint density at radius 1 is 1.47 bits per heavy atom. The second-order valence-electron chi connectivity index (χ2n) is 6.02. The van der Waals surface area contributed by atoms with E-state index in [1.807, 2.05) is 13.8 Å². The summed E-state index contributed by atoms with van der Waals surface area (Å²) in [5.41, 5.74) is 5.53. The maximum absolute atomic E-state index is 12.3. The second kappa shape index (κ2) is 5.36. The summed E-state index contributed by atoms with van der Waals surface area (Å²) in [6.45, 7) is 5.86. The molecule has 1 aliphatic rings. The van der Waals surface area contributed by atoms with Crippen molar-refractivity contribution in [1.82, 2.24) is 4.90 Å². The summed E-state index contributed by atoms with van der Waals surface area (Å²) < 4.78 is 0. The van der Waals surface area contributed by atoms with Crippen molar-refractivity contribution in [2.24, 2.45) is 17.6 Å². The molecule has 1 amide bonds. The van der Waals surface area contributed by atoms with Gasteiger partial charge in [0.25, 0.3) is 0 Å². The van der Waals surface area contributed by atoms with Gasteiger partial charge in [0.2, 0.25) is 5.91 Å². The summed E-state index contributed by atoms with van der Waals surface area (Å²) in [7, 11) is 1.77. The fourth-order valence-electron chi connectivity index (χ4n) is 2.26. The molecule has 4 heteroatoms. The number of nitrogens with zero attached hydrogens (tertiary/aromatic N) is 1. The number of rotatable bonds is 3. The molecule has 3 N–H and O–H groups in total. The molecule has 1 rings (SSSR count). The molecule has 0 aromatic carbocycles. The Hall–Kier alpha value is -0.610. The van der Waals surface area contributed by atoms with Gasteiger partial charge < -0.3 is 15.7 Å². The number of hydrogen-bond donors (Lipinski definition) is 2. The van der Waals surface area contributed by atoms with E-state index in [0.29, 0.717) is 5.92 Å². The lowest BCUT2D eigenvalue weighted by atomic mass is 9.78. The van der Waals surface area contributed by atoms with Gasteiger partial charge in [0.1, 0.15) is 0 Å². The molecule has 1 fully saturated rings. The van der Waals surface area contributed by atoms with Crippen LogP contribution in [0.15, 0.2) is 0 Å². The lowest BCUT2D eigenvalue weighted by molar-refractivity contribution is -0.142. The molecule has 0 aliphatic heterocycles. The van der Waals surface area contributed by atoms with E-state index in [2.05, 4.69) is 6.92 Å². The van der Waals surface area contributed by atoms with Crippen LogP contribution in [0.3, 0.4) is 0 Å². The highest BCUT2D eigenvalue weighted by Gasteiger charge is 2.35. The Balaban J connectivity index is 2.65. The van der Waals surface area contributed by atoms with E-state index in [-0.39, 0.29) is 24.5 Å². The Morgan fingerprint density at radius 3 is 2.53 bits per heavy atom. The molecule has 0 bridgehead atoms. The van der Waals surface area contributed by atoms with Crippen LogP contribution in [0, 0.1) is 11.8 Å². The lowest BCUT2D eigenvalue weighted by Crippen LogP contribution is -2.51. The molecule has 4 nitrogen and oxygen atoms in total. The van der Waals surface area contributed by atoms with Crippen molar-refractivity contribution in [2.75, 3.05) is 13.7 Å². The number of aliphatic hydroxyl groups is 1. The third kappa shape index (κ3) is 3.19. The van der Waals surface area contributed by atoms with Gasteiger partial charge >= 0.3 is 0 Å². The zero-order valence-corrected chi connectivity index (χ0v) is 11.4. The Kier molecular flexibility index (Phi) is 4.55. The summed E-state index contributed by atoms with van der Waals surface area (Å²) in [5, 5.41) is 9.29. The largest absolute Gasteiger partial charge is 0.394 e. The molecule has 0 saturated heterocycles. The molecule has 100 valence electrons. The van der Waals surface area contributed by atoms with E-state index in [9.17, 15) is 9.90 Å². The summed E-state index contributed by atoms with van der Waals surface area (Å²) in [5.74, 6) is 0.652. The minimum Gasteiger partial charge on any atom is -0.394 e. The Bertz CT molecular complexity index is 279. The van der Waals surface area contributed by atoms with Gasteiger partial charge in [-0.25, -0.2) is 0 Å². The highest BCUT2D eigenvalue weighted by molar-refractivity contribution is 5.79. The normalized spacial score (nSPS) is 30.1. The molecule has 0 aromatic rings. The summed E-state index contributed by atoms with van der Waals surface area (Å²) in [6.07, 6.45) is 2.70. The monoisotopic (exact) mass is 242 g/mol. The minimum atomic E-state index is -0.496. The van der Waals surface area contributed by atoms with Crippen molar-refractivity contribution in [3.05, 3.63) is 0 Å². The Labute approximate surface area is 104 Å². The second-order valence-corrected chi connectivity index (χ2v) is 6.02. The van der Waals surface area contributed by atoms with Crippen molar-refractivity contribution in [3.63, 3.8) is 0 Å². The first-order valence-corrected chi connectivity index (χ1v) is 6.43. The van der Waals surface area contributed by atoms with Crippen LogP contribution in [0.4, 0.5) is 0 Å². The Morgan fingerprint density at radius 2 is 2.06 bits per heavy atom. The molecule has 3 unspecified atom stereocenters. The molecule has 0 heterocycles. The standard InChI is InChI=1S/C13H26N2O2/c1-9-5-6-10(7-11(9)14)12(17)15(4)13(2,3)8-16/h9-11,16H,5-8,14H2,1-4H3. The number of likely N-dealkylation sites (N-methyl/N-ethyl adjacent to an activating group) is 1. The van der Waals surface area contributed by atoms with Crippen molar-refractivity contribution >= 4 is 5.91 Å². The summed E-state index contributed by atoms with van der Waals surface area (Å²) in [6, 6.07) is 0.128. The van der Waals surface area contributed by atoms with Gasteiger partial charge in [0.15, 0.2) is 0 Å². The minimum absolute atomic E-state index is 0.0234. The van der Waals surface area contributed by atoms with Crippen LogP contribution < -0.4 is 5.73 Å². The first-order chi connectivity index (χ1) is 7.79. The van der Waals surface area contributed by atoms with Gasteiger partial charge in [0.05, 0.1) is 12.1 Å². The number of hydrogen-bond acceptors (Lipinski definition) is 3. The number of nitrogens with two attached hydrogens (primary N) is 1. The van der Waals surface area contributed by atoms with Crippen molar-refractivity contribution in [3.8, 4) is 0 Å². The maximum atomic E-state index is 12.3. The molecule has 3 atom stereocenters. The predicted octanol–water partition coefficient (Wildman–Crippen LogP) is 0.979. The van der Waals surface area contributed by atoms with E-state index in [4.69, 9.17) is 5.73 Å².